The number of fused-ring (bicyclic) bond motifs is 1. The second kappa shape index (κ2) is 5.77. The molecule has 0 aromatic carbocycles. The van der Waals surface area contributed by atoms with Gasteiger partial charge in [0, 0.05) is 37.6 Å². The zero-order valence-corrected chi connectivity index (χ0v) is 11.7. The number of aromatic amines is 1. The molecule has 0 unspecified atom stereocenters. The van der Waals surface area contributed by atoms with Gasteiger partial charge in [-0.15, -0.1) is 0 Å². The van der Waals surface area contributed by atoms with Gasteiger partial charge >= 0.3 is 0 Å². The summed E-state index contributed by atoms with van der Waals surface area (Å²) in [7, 11) is 0. The lowest BCUT2D eigenvalue weighted by atomic mass is 10.0. The summed E-state index contributed by atoms with van der Waals surface area (Å²) in [4.78, 5) is 25.4. The number of nitrogens with one attached hydrogen (secondary N) is 1. The Morgan fingerprint density at radius 1 is 1.40 bits per heavy atom. The number of carbonyl (C=O) groups excluding carboxylic acids is 1. The third kappa shape index (κ3) is 2.92. The van der Waals surface area contributed by atoms with Crippen molar-refractivity contribution in [3.63, 3.8) is 0 Å². The molecule has 0 atom stereocenters. The first-order chi connectivity index (χ1) is 9.72. The minimum absolute atomic E-state index is 0.191. The Balaban J connectivity index is 1.58. The lowest BCUT2D eigenvalue weighted by Gasteiger charge is -2.28. The molecule has 2 heterocycles. The van der Waals surface area contributed by atoms with E-state index in [9.17, 15) is 9.59 Å². The van der Waals surface area contributed by atoms with Gasteiger partial charge in [-0.1, -0.05) is 25.7 Å². The number of rotatable bonds is 3. The van der Waals surface area contributed by atoms with Crippen LogP contribution in [0.15, 0.2) is 10.9 Å². The van der Waals surface area contributed by atoms with Crippen molar-refractivity contribution in [3.05, 3.63) is 27.7 Å². The smallest absolute Gasteiger partial charge is 0.264 e. The van der Waals surface area contributed by atoms with Crippen molar-refractivity contribution in [2.75, 3.05) is 6.54 Å². The highest BCUT2D eigenvalue weighted by Crippen LogP contribution is 2.29. The van der Waals surface area contributed by atoms with E-state index >= 15 is 0 Å². The molecule has 108 valence electrons. The molecule has 3 rings (SSSR count). The van der Waals surface area contributed by atoms with Gasteiger partial charge < -0.3 is 4.90 Å². The molecule has 1 aliphatic heterocycles. The van der Waals surface area contributed by atoms with E-state index in [0.29, 0.717) is 13.0 Å². The Morgan fingerprint density at radius 2 is 2.20 bits per heavy atom. The maximum Gasteiger partial charge on any atom is 0.264 e. The number of hydrogen-bond donors (Lipinski definition) is 1. The van der Waals surface area contributed by atoms with E-state index in [4.69, 9.17) is 0 Å². The maximum atomic E-state index is 12.3. The minimum atomic E-state index is -0.191. The minimum Gasteiger partial charge on any atom is -0.338 e. The van der Waals surface area contributed by atoms with Gasteiger partial charge in [0.1, 0.15) is 0 Å². The van der Waals surface area contributed by atoms with Gasteiger partial charge in [0.25, 0.3) is 5.56 Å². The van der Waals surface area contributed by atoms with E-state index in [2.05, 4.69) is 10.2 Å². The summed E-state index contributed by atoms with van der Waals surface area (Å²) in [6.45, 7) is 1.26. The molecule has 1 N–H and O–H groups in total. The zero-order valence-electron chi connectivity index (χ0n) is 11.7. The van der Waals surface area contributed by atoms with Crippen LogP contribution in [0.3, 0.4) is 0 Å². The van der Waals surface area contributed by atoms with E-state index < -0.39 is 0 Å². The Labute approximate surface area is 118 Å². The molecular weight excluding hydrogens is 254 g/mol. The Bertz CT molecular complexity index is 546. The molecule has 0 saturated heterocycles. The molecule has 5 heteroatoms. The van der Waals surface area contributed by atoms with Crippen molar-refractivity contribution in [1.29, 1.82) is 0 Å². The third-order valence-corrected chi connectivity index (χ3v) is 4.55. The monoisotopic (exact) mass is 275 g/mol. The van der Waals surface area contributed by atoms with Crippen molar-refractivity contribution in [2.45, 2.75) is 51.5 Å². The van der Waals surface area contributed by atoms with Gasteiger partial charge in [-0.25, -0.2) is 5.10 Å². The second-order valence-electron chi connectivity index (χ2n) is 5.96. The van der Waals surface area contributed by atoms with Crippen LogP contribution in [0.2, 0.25) is 0 Å². The van der Waals surface area contributed by atoms with Crippen LogP contribution in [-0.4, -0.2) is 27.5 Å². The summed E-state index contributed by atoms with van der Waals surface area (Å²) >= 11 is 0. The first kappa shape index (κ1) is 13.3. The predicted octanol–water partition coefficient (Wildman–Crippen LogP) is 1.62. The Hall–Kier alpha value is -1.65. The molecule has 0 bridgehead atoms. The van der Waals surface area contributed by atoms with E-state index in [0.717, 1.165) is 36.6 Å². The summed E-state index contributed by atoms with van der Waals surface area (Å²) in [5.41, 5.74) is 1.63. The first-order valence-electron chi connectivity index (χ1n) is 7.57. The van der Waals surface area contributed by atoms with Crippen LogP contribution in [0.5, 0.6) is 0 Å². The van der Waals surface area contributed by atoms with Crippen LogP contribution >= 0.6 is 0 Å². The number of hydrogen-bond acceptors (Lipinski definition) is 3. The highest BCUT2D eigenvalue weighted by atomic mass is 16.2. The number of nitrogens with zero attached hydrogens (tertiary/aromatic N) is 2. The molecule has 1 amide bonds. The van der Waals surface area contributed by atoms with Crippen molar-refractivity contribution in [3.8, 4) is 0 Å². The quantitative estimate of drug-likeness (QED) is 0.911. The van der Waals surface area contributed by atoms with Crippen LogP contribution in [0.25, 0.3) is 0 Å². The molecule has 1 aliphatic carbocycles. The highest BCUT2D eigenvalue weighted by Gasteiger charge is 2.23. The molecule has 5 nitrogen and oxygen atoms in total. The largest absolute Gasteiger partial charge is 0.338 e. The van der Waals surface area contributed by atoms with Crippen molar-refractivity contribution < 1.29 is 4.79 Å². The standard InChI is InChI=1S/C15H21N3O2/c19-14-9-12-10-18(8-7-13(12)16-17-14)15(20)6-5-11-3-1-2-4-11/h9,11H,1-8,10H2,(H,17,19). The van der Waals surface area contributed by atoms with Crippen molar-refractivity contribution in [1.82, 2.24) is 15.1 Å². The van der Waals surface area contributed by atoms with E-state index in [-0.39, 0.29) is 11.5 Å². The van der Waals surface area contributed by atoms with E-state index in [1.165, 1.54) is 25.7 Å². The fourth-order valence-corrected chi connectivity index (χ4v) is 3.34. The highest BCUT2D eigenvalue weighted by molar-refractivity contribution is 5.76. The number of aromatic nitrogens is 2. The van der Waals surface area contributed by atoms with E-state index in [1.54, 1.807) is 6.07 Å². The molecule has 1 aromatic heterocycles. The Morgan fingerprint density at radius 3 is 3.00 bits per heavy atom. The van der Waals surface area contributed by atoms with Gasteiger partial charge in [-0.2, -0.15) is 5.10 Å². The van der Waals surface area contributed by atoms with Crippen molar-refractivity contribution >= 4 is 5.91 Å². The maximum absolute atomic E-state index is 12.3. The molecule has 1 saturated carbocycles. The lowest BCUT2D eigenvalue weighted by Crippen LogP contribution is -2.37. The van der Waals surface area contributed by atoms with Gasteiger partial charge in [-0.05, 0) is 12.3 Å². The summed E-state index contributed by atoms with van der Waals surface area (Å²) < 4.78 is 0. The van der Waals surface area contributed by atoms with Gasteiger partial charge in [0.05, 0.1) is 5.69 Å². The Kier molecular flexibility index (Phi) is 3.85. The molecule has 1 fully saturated rings. The fourth-order valence-electron chi connectivity index (χ4n) is 3.34. The number of carbonyl (C=O) groups is 1. The van der Waals surface area contributed by atoms with Crippen LogP contribution in [-0.2, 0) is 17.8 Å². The summed E-state index contributed by atoms with van der Waals surface area (Å²) in [6.07, 6.45) is 7.63. The van der Waals surface area contributed by atoms with Gasteiger partial charge in [0.2, 0.25) is 5.91 Å². The molecule has 20 heavy (non-hydrogen) atoms. The topological polar surface area (TPSA) is 66.1 Å². The summed E-state index contributed by atoms with van der Waals surface area (Å²) in [5.74, 6) is 0.975. The fraction of sp³-hybridized carbons (Fsp3) is 0.667. The molecule has 1 aromatic rings. The molecule has 2 aliphatic rings. The zero-order chi connectivity index (χ0) is 13.9. The number of H-pyrrole nitrogens is 1. The molecular formula is C15H21N3O2. The van der Waals surface area contributed by atoms with Gasteiger partial charge in [-0.3, -0.25) is 9.59 Å². The molecule has 0 radical (unpaired) electrons. The first-order valence-corrected chi connectivity index (χ1v) is 7.57. The molecule has 0 spiro atoms. The van der Waals surface area contributed by atoms with Crippen LogP contribution < -0.4 is 5.56 Å². The van der Waals surface area contributed by atoms with Crippen LogP contribution in [0.1, 0.15) is 49.8 Å². The predicted molar refractivity (Wildman–Crippen MR) is 75.2 cm³/mol. The average molecular weight is 275 g/mol. The number of amides is 1. The average Bonchev–Trinajstić information content (AvgIpc) is 2.97. The van der Waals surface area contributed by atoms with Gasteiger partial charge in [0.15, 0.2) is 0 Å². The van der Waals surface area contributed by atoms with Crippen LogP contribution in [0.4, 0.5) is 0 Å². The van der Waals surface area contributed by atoms with Crippen molar-refractivity contribution in [2.24, 2.45) is 5.92 Å². The van der Waals surface area contributed by atoms with E-state index in [1.807, 2.05) is 4.90 Å². The summed E-state index contributed by atoms with van der Waals surface area (Å²) in [5, 5.41) is 6.50. The second-order valence-corrected chi connectivity index (χ2v) is 5.96. The lowest BCUT2D eigenvalue weighted by molar-refractivity contribution is -0.132. The summed E-state index contributed by atoms with van der Waals surface area (Å²) in [6, 6.07) is 1.57. The third-order valence-electron chi connectivity index (χ3n) is 4.55. The van der Waals surface area contributed by atoms with Crippen LogP contribution in [0, 0.1) is 5.92 Å². The normalized spacial score (nSPS) is 19.1. The SMILES string of the molecule is O=C(CCC1CCCC1)N1CCc2n[nH]c(=O)cc2C1.